The first kappa shape index (κ1) is 10.7. The lowest BCUT2D eigenvalue weighted by Crippen LogP contribution is -2.26. The summed E-state index contributed by atoms with van der Waals surface area (Å²) in [6.45, 7) is 4.12. The Kier molecular flexibility index (Phi) is 4.26. The van der Waals surface area contributed by atoms with Gasteiger partial charge in [-0.2, -0.15) is 0 Å². The highest BCUT2D eigenvalue weighted by atomic mass is 127. The van der Waals surface area contributed by atoms with Gasteiger partial charge in [0.15, 0.2) is 0 Å². The van der Waals surface area contributed by atoms with Crippen LogP contribution in [-0.4, -0.2) is 27.3 Å². The molecule has 72 valence electrons. The fourth-order valence-corrected chi connectivity index (χ4v) is 2.66. The predicted octanol–water partition coefficient (Wildman–Crippen LogP) is 2.13. The van der Waals surface area contributed by atoms with E-state index in [1.165, 1.54) is 12.8 Å². The molecule has 1 fully saturated rings. The van der Waals surface area contributed by atoms with Crippen LogP contribution in [0.15, 0.2) is 0 Å². The van der Waals surface area contributed by atoms with Gasteiger partial charge in [0.1, 0.15) is 0 Å². The smallest absolute Gasteiger partial charge is 0.0941 e. The molecule has 1 rings (SSSR count). The first-order valence-electron chi connectivity index (χ1n) is 4.64. The monoisotopic (exact) mass is 284 g/mol. The number of aliphatic hydroxyl groups is 1. The summed E-state index contributed by atoms with van der Waals surface area (Å²) < 4.78 is 5.91. The van der Waals surface area contributed by atoms with Crippen molar-refractivity contribution in [1.29, 1.82) is 0 Å². The fourth-order valence-electron chi connectivity index (χ4n) is 1.54. The summed E-state index contributed by atoms with van der Waals surface area (Å²) in [5.74, 6) is 0. The van der Waals surface area contributed by atoms with E-state index in [9.17, 15) is 5.11 Å². The summed E-state index contributed by atoms with van der Waals surface area (Å²) >= 11 is 2.30. The average Bonchev–Trinajstić information content (AvgIpc) is 2.30. The highest BCUT2D eigenvalue weighted by Crippen LogP contribution is 2.30. The SMILES string of the molecule is CCCC[C@H]1O[C@@H](C)[C@H](O)[C@H]1I. The van der Waals surface area contributed by atoms with Crippen molar-refractivity contribution in [3.8, 4) is 0 Å². The van der Waals surface area contributed by atoms with Crippen LogP contribution in [0.25, 0.3) is 0 Å². The molecule has 1 N–H and O–H groups in total. The molecule has 0 amide bonds. The van der Waals surface area contributed by atoms with E-state index < -0.39 is 0 Å². The summed E-state index contributed by atoms with van der Waals surface area (Å²) in [5.41, 5.74) is 0. The molecule has 0 aromatic carbocycles. The van der Waals surface area contributed by atoms with Crippen molar-refractivity contribution in [3.05, 3.63) is 0 Å². The molecule has 0 spiro atoms. The van der Waals surface area contributed by atoms with Gasteiger partial charge in [-0.25, -0.2) is 0 Å². The van der Waals surface area contributed by atoms with Crippen LogP contribution >= 0.6 is 22.6 Å². The Bertz CT molecular complexity index is 140. The van der Waals surface area contributed by atoms with E-state index in [1.807, 2.05) is 6.92 Å². The molecule has 1 aliphatic heterocycles. The topological polar surface area (TPSA) is 29.5 Å². The third kappa shape index (κ3) is 2.33. The van der Waals surface area contributed by atoms with Crippen LogP contribution in [0.5, 0.6) is 0 Å². The number of unbranched alkanes of at least 4 members (excludes halogenated alkanes) is 1. The Morgan fingerprint density at radius 1 is 1.50 bits per heavy atom. The van der Waals surface area contributed by atoms with E-state index >= 15 is 0 Å². The average molecular weight is 284 g/mol. The molecule has 0 bridgehead atoms. The van der Waals surface area contributed by atoms with Crippen molar-refractivity contribution >= 4 is 22.6 Å². The maximum atomic E-state index is 9.60. The van der Waals surface area contributed by atoms with Gasteiger partial charge in [0.25, 0.3) is 0 Å². The molecule has 12 heavy (non-hydrogen) atoms. The van der Waals surface area contributed by atoms with Crippen LogP contribution in [0.1, 0.15) is 33.1 Å². The van der Waals surface area contributed by atoms with Gasteiger partial charge < -0.3 is 9.84 Å². The van der Waals surface area contributed by atoms with Gasteiger partial charge in [-0.3, -0.25) is 0 Å². The van der Waals surface area contributed by atoms with E-state index in [0.29, 0.717) is 0 Å². The van der Waals surface area contributed by atoms with Crippen LogP contribution in [-0.2, 0) is 4.74 Å². The third-order valence-corrected chi connectivity index (χ3v) is 3.93. The van der Waals surface area contributed by atoms with E-state index in [2.05, 4.69) is 29.5 Å². The molecule has 1 aliphatic rings. The molecule has 1 heterocycles. The van der Waals surface area contributed by atoms with Gasteiger partial charge in [-0.15, -0.1) is 0 Å². The summed E-state index contributed by atoms with van der Waals surface area (Å²) in [4.78, 5) is 0. The van der Waals surface area contributed by atoms with Crippen molar-refractivity contribution in [1.82, 2.24) is 0 Å². The van der Waals surface area contributed by atoms with Crippen molar-refractivity contribution < 1.29 is 9.84 Å². The minimum absolute atomic E-state index is 0.0220. The van der Waals surface area contributed by atoms with Gasteiger partial charge in [0.2, 0.25) is 0 Å². The molecule has 0 saturated carbocycles. The van der Waals surface area contributed by atoms with Gasteiger partial charge in [0, 0.05) is 0 Å². The highest BCUT2D eigenvalue weighted by molar-refractivity contribution is 14.1. The number of alkyl halides is 1. The maximum Gasteiger partial charge on any atom is 0.0941 e. The normalized spacial score (nSPS) is 42.0. The van der Waals surface area contributed by atoms with E-state index in [0.717, 1.165) is 6.42 Å². The molecular weight excluding hydrogens is 267 g/mol. The second kappa shape index (κ2) is 4.77. The van der Waals surface area contributed by atoms with Gasteiger partial charge in [-0.1, -0.05) is 42.4 Å². The molecule has 0 unspecified atom stereocenters. The zero-order valence-electron chi connectivity index (χ0n) is 7.66. The minimum Gasteiger partial charge on any atom is -0.389 e. The molecule has 3 heteroatoms. The zero-order valence-corrected chi connectivity index (χ0v) is 9.82. The lowest BCUT2D eigenvalue weighted by atomic mass is 10.1. The summed E-state index contributed by atoms with van der Waals surface area (Å²) in [5, 5.41) is 9.60. The molecule has 4 atom stereocenters. The Morgan fingerprint density at radius 2 is 2.17 bits per heavy atom. The number of rotatable bonds is 3. The Labute approximate surface area is 87.8 Å². The quantitative estimate of drug-likeness (QED) is 0.635. The van der Waals surface area contributed by atoms with Crippen LogP contribution < -0.4 is 0 Å². The van der Waals surface area contributed by atoms with E-state index in [1.54, 1.807) is 0 Å². The second-order valence-corrected chi connectivity index (χ2v) is 4.90. The maximum absolute atomic E-state index is 9.60. The fraction of sp³-hybridized carbons (Fsp3) is 1.00. The molecule has 2 nitrogen and oxygen atoms in total. The lowest BCUT2D eigenvalue weighted by Gasteiger charge is -2.12. The first-order chi connectivity index (χ1) is 5.66. The van der Waals surface area contributed by atoms with Gasteiger partial charge >= 0.3 is 0 Å². The Morgan fingerprint density at radius 3 is 2.58 bits per heavy atom. The summed E-state index contributed by atoms with van der Waals surface area (Å²) in [6, 6.07) is 0. The molecule has 0 aromatic heterocycles. The van der Waals surface area contributed by atoms with E-state index in [4.69, 9.17) is 4.74 Å². The number of hydrogen-bond acceptors (Lipinski definition) is 2. The number of halogens is 1. The minimum atomic E-state index is -0.271. The summed E-state index contributed by atoms with van der Waals surface area (Å²) in [7, 11) is 0. The van der Waals surface area contributed by atoms with Crippen LogP contribution in [0.3, 0.4) is 0 Å². The number of aliphatic hydroxyl groups excluding tert-OH is 1. The lowest BCUT2D eigenvalue weighted by molar-refractivity contribution is 0.0189. The van der Waals surface area contributed by atoms with Crippen LogP contribution in [0.2, 0.25) is 0 Å². The van der Waals surface area contributed by atoms with E-state index in [-0.39, 0.29) is 22.2 Å². The molecule has 0 radical (unpaired) electrons. The molecule has 1 saturated heterocycles. The van der Waals surface area contributed by atoms with Crippen molar-refractivity contribution in [2.45, 2.75) is 55.3 Å². The van der Waals surface area contributed by atoms with Gasteiger partial charge in [0.05, 0.1) is 22.2 Å². The van der Waals surface area contributed by atoms with Crippen molar-refractivity contribution in [2.75, 3.05) is 0 Å². The predicted molar refractivity (Wildman–Crippen MR) is 57.7 cm³/mol. The Balaban J connectivity index is 2.36. The summed E-state index contributed by atoms with van der Waals surface area (Å²) in [6.07, 6.45) is 3.51. The Hall–Kier alpha value is 0.650. The second-order valence-electron chi connectivity index (χ2n) is 3.46. The van der Waals surface area contributed by atoms with Crippen molar-refractivity contribution in [3.63, 3.8) is 0 Å². The highest BCUT2D eigenvalue weighted by Gasteiger charge is 2.38. The van der Waals surface area contributed by atoms with Crippen molar-refractivity contribution in [2.24, 2.45) is 0 Å². The zero-order chi connectivity index (χ0) is 9.14. The standard InChI is InChI=1S/C9H17IO2/c1-3-4-5-7-8(10)9(11)6(2)12-7/h6-9,11H,3-5H2,1-2H3/t6-,7+,8-,9-/m0/s1. The van der Waals surface area contributed by atoms with Crippen LogP contribution in [0.4, 0.5) is 0 Å². The number of hydrogen-bond donors (Lipinski definition) is 1. The molecule has 0 aromatic rings. The third-order valence-electron chi connectivity index (χ3n) is 2.39. The largest absolute Gasteiger partial charge is 0.389 e. The number of ether oxygens (including phenoxy) is 1. The molecule has 0 aliphatic carbocycles. The van der Waals surface area contributed by atoms with Gasteiger partial charge in [-0.05, 0) is 13.3 Å². The van der Waals surface area contributed by atoms with Crippen LogP contribution in [0, 0.1) is 0 Å². The first-order valence-corrected chi connectivity index (χ1v) is 5.89. The molecular formula is C9H17IO2.